The number of carbonyl (C=O) groups excluding carboxylic acids is 2. The molecule has 0 saturated heterocycles. The summed E-state index contributed by atoms with van der Waals surface area (Å²) in [5, 5.41) is 12.1. The number of hydrogen-bond donors (Lipinski definition) is 1. The molecule has 0 saturated carbocycles. The van der Waals surface area contributed by atoms with E-state index >= 15 is 0 Å². The summed E-state index contributed by atoms with van der Waals surface area (Å²) in [4.78, 5) is 24.8. The van der Waals surface area contributed by atoms with Crippen LogP contribution in [0.1, 0.15) is 0 Å². The van der Waals surface area contributed by atoms with Gasteiger partial charge >= 0.3 is 11.9 Å². The fraction of sp³-hybridized carbons (Fsp3) is 0.158. The van der Waals surface area contributed by atoms with Gasteiger partial charge in [-0.1, -0.05) is 11.6 Å². The van der Waals surface area contributed by atoms with Crippen LogP contribution < -0.4 is 10.1 Å². The first-order valence-electron chi connectivity index (χ1n) is 8.31. The van der Waals surface area contributed by atoms with Crippen LogP contribution in [0.15, 0.2) is 48.2 Å². The molecule has 3 aromatic rings. The van der Waals surface area contributed by atoms with Crippen LogP contribution in [-0.2, 0) is 19.1 Å². The van der Waals surface area contributed by atoms with Gasteiger partial charge in [0, 0.05) is 5.69 Å². The van der Waals surface area contributed by atoms with Crippen LogP contribution in [0.2, 0.25) is 5.02 Å². The molecule has 1 heterocycles. The minimum atomic E-state index is -0.716. The standard InChI is InChI=1S/C19H17ClN4O5/c1-27-17-7-5-12(9-13(17)20)24-22-14-6-4-11(8-15(14)23-24)21-16(19(26)29-3)10-18(25)28-2/h4-10,21H,1-3H3/b16-10+. The molecule has 0 unspecified atom stereocenters. The first-order valence-corrected chi connectivity index (χ1v) is 8.69. The van der Waals surface area contributed by atoms with Crippen LogP contribution in [0.25, 0.3) is 16.7 Å². The maximum absolute atomic E-state index is 11.9. The van der Waals surface area contributed by atoms with Crippen LogP contribution >= 0.6 is 11.6 Å². The lowest BCUT2D eigenvalue weighted by atomic mass is 10.2. The number of anilines is 1. The van der Waals surface area contributed by atoms with Gasteiger partial charge in [-0.3, -0.25) is 0 Å². The van der Waals surface area contributed by atoms with Gasteiger partial charge < -0.3 is 19.5 Å². The van der Waals surface area contributed by atoms with Crippen molar-refractivity contribution in [2.75, 3.05) is 26.6 Å². The summed E-state index contributed by atoms with van der Waals surface area (Å²) in [6.45, 7) is 0. The molecule has 150 valence electrons. The molecule has 0 radical (unpaired) electrons. The SMILES string of the molecule is COC(=O)/C=C(/Nc1ccc2nn(-c3ccc(OC)c(Cl)c3)nc2c1)C(=O)OC. The summed E-state index contributed by atoms with van der Waals surface area (Å²) in [6.07, 6.45) is 1.01. The Morgan fingerprint density at radius 3 is 2.45 bits per heavy atom. The molecule has 10 heteroatoms. The molecule has 2 aromatic carbocycles. The predicted octanol–water partition coefficient (Wildman–Crippen LogP) is 2.72. The van der Waals surface area contributed by atoms with E-state index in [1.165, 1.54) is 26.1 Å². The number of rotatable bonds is 6. The van der Waals surface area contributed by atoms with Crippen LogP contribution in [0.3, 0.4) is 0 Å². The summed E-state index contributed by atoms with van der Waals surface area (Å²) in [7, 11) is 3.96. The summed E-state index contributed by atoms with van der Waals surface area (Å²) >= 11 is 6.17. The first-order chi connectivity index (χ1) is 13.9. The van der Waals surface area contributed by atoms with Gasteiger partial charge in [-0.2, -0.15) is 4.80 Å². The average Bonchev–Trinajstić information content (AvgIpc) is 3.15. The summed E-state index contributed by atoms with van der Waals surface area (Å²) in [5.74, 6) is -0.861. The number of nitrogens with zero attached hydrogens (tertiary/aromatic N) is 3. The highest BCUT2D eigenvalue weighted by molar-refractivity contribution is 6.32. The van der Waals surface area contributed by atoms with Crippen molar-refractivity contribution in [2.45, 2.75) is 0 Å². The third kappa shape index (κ3) is 4.46. The van der Waals surface area contributed by atoms with Crippen LogP contribution in [-0.4, -0.2) is 48.3 Å². The van der Waals surface area contributed by atoms with Crippen molar-refractivity contribution < 1.29 is 23.8 Å². The number of hydrogen-bond acceptors (Lipinski definition) is 8. The topological polar surface area (TPSA) is 105 Å². The van der Waals surface area contributed by atoms with Gasteiger partial charge in [-0.25, -0.2) is 9.59 Å². The second-order valence-corrected chi connectivity index (χ2v) is 6.12. The van der Waals surface area contributed by atoms with E-state index in [0.717, 1.165) is 6.08 Å². The van der Waals surface area contributed by atoms with Crippen molar-refractivity contribution in [3.8, 4) is 11.4 Å². The van der Waals surface area contributed by atoms with Gasteiger partial charge in [0.2, 0.25) is 0 Å². The number of halogens is 1. The Bertz CT molecular complexity index is 1110. The maximum Gasteiger partial charge on any atom is 0.354 e. The number of ether oxygens (including phenoxy) is 3. The molecular formula is C19H17ClN4O5. The number of carbonyl (C=O) groups is 2. The molecule has 1 N–H and O–H groups in total. The normalized spacial score (nSPS) is 11.2. The quantitative estimate of drug-likeness (QED) is 0.483. The van der Waals surface area contributed by atoms with Crippen LogP contribution in [0.5, 0.6) is 5.75 Å². The van der Waals surface area contributed by atoms with E-state index in [1.807, 2.05) is 0 Å². The van der Waals surface area contributed by atoms with Crippen molar-refractivity contribution in [3.05, 3.63) is 53.2 Å². The average molecular weight is 417 g/mol. The number of aromatic nitrogens is 3. The van der Waals surface area contributed by atoms with Gasteiger partial charge in [0.15, 0.2) is 0 Å². The molecule has 0 amide bonds. The number of fused-ring (bicyclic) bond motifs is 1. The highest BCUT2D eigenvalue weighted by atomic mass is 35.5. The molecule has 3 rings (SSSR count). The highest BCUT2D eigenvalue weighted by Gasteiger charge is 2.14. The fourth-order valence-electron chi connectivity index (χ4n) is 2.48. The Kier molecular flexibility index (Phi) is 5.99. The molecule has 1 aromatic heterocycles. The molecule has 0 atom stereocenters. The third-order valence-electron chi connectivity index (χ3n) is 3.89. The Morgan fingerprint density at radius 1 is 1.03 bits per heavy atom. The van der Waals surface area contributed by atoms with E-state index in [1.54, 1.807) is 36.4 Å². The fourth-order valence-corrected chi connectivity index (χ4v) is 2.73. The van der Waals surface area contributed by atoms with Crippen molar-refractivity contribution in [1.29, 1.82) is 0 Å². The largest absolute Gasteiger partial charge is 0.495 e. The number of nitrogens with one attached hydrogen (secondary N) is 1. The molecule has 0 fully saturated rings. The van der Waals surface area contributed by atoms with Crippen LogP contribution in [0, 0.1) is 0 Å². The first kappa shape index (κ1) is 20.2. The highest BCUT2D eigenvalue weighted by Crippen LogP contribution is 2.27. The van der Waals surface area contributed by atoms with Gasteiger partial charge in [-0.15, -0.1) is 10.2 Å². The van der Waals surface area contributed by atoms with E-state index in [4.69, 9.17) is 16.3 Å². The second kappa shape index (κ2) is 8.61. The van der Waals surface area contributed by atoms with E-state index in [9.17, 15) is 9.59 Å². The molecule has 0 bridgehead atoms. The van der Waals surface area contributed by atoms with Crippen LogP contribution in [0.4, 0.5) is 5.69 Å². The Balaban J connectivity index is 1.92. The van der Waals surface area contributed by atoms with E-state index in [0.29, 0.717) is 33.2 Å². The predicted molar refractivity (Wildman–Crippen MR) is 106 cm³/mol. The van der Waals surface area contributed by atoms with Gasteiger partial charge in [-0.05, 0) is 36.4 Å². The van der Waals surface area contributed by atoms with Gasteiger partial charge in [0.25, 0.3) is 0 Å². The zero-order valence-electron chi connectivity index (χ0n) is 15.8. The lowest BCUT2D eigenvalue weighted by Crippen LogP contribution is -2.15. The van der Waals surface area contributed by atoms with Crippen molar-refractivity contribution >= 4 is 40.3 Å². The second-order valence-electron chi connectivity index (χ2n) is 5.71. The van der Waals surface area contributed by atoms with E-state index in [2.05, 4.69) is 25.0 Å². The molecule has 0 aliphatic heterocycles. The Labute approximate surface area is 170 Å². The third-order valence-corrected chi connectivity index (χ3v) is 4.19. The molecule has 9 nitrogen and oxygen atoms in total. The monoisotopic (exact) mass is 416 g/mol. The molecule has 0 spiro atoms. The molecule has 0 aliphatic carbocycles. The number of esters is 2. The summed E-state index contributed by atoms with van der Waals surface area (Å²) < 4.78 is 14.4. The molecular weight excluding hydrogens is 400 g/mol. The minimum Gasteiger partial charge on any atom is -0.495 e. The van der Waals surface area contributed by atoms with Crippen molar-refractivity contribution in [3.63, 3.8) is 0 Å². The number of methoxy groups -OCH3 is 3. The van der Waals surface area contributed by atoms with Crippen molar-refractivity contribution in [2.24, 2.45) is 0 Å². The molecule has 29 heavy (non-hydrogen) atoms. The summed E-state index contributed by atoms with van der Waals surface area (Å²) in [5.41, 5.74) is 2.27. The summed E-state index contributed by atoms with van der Waals surface area (Å²) in [6, 6.07) is 10.3. The zero-order valence-corrected chi connectivity index (χ0v) is 16.6. The minimum absolute atomic E-state index is 0.0759. The van der Waals surface area contributed by atoms with E-state index < -0.39 is 11.9 Å². The Hall–Kier alpha value is -3.59. The Morgan fingerprint density at radius 2 is 1.79 bits per heavy atom. The maximum atomic E-state index is 11.9. The number of benzene rings is 2. The van der Waals surface area contributed by atoms with E-state index in [-0.39, 0.29) is 5.70 Å². The lowest BCUT2D eigenvalue weighted by molar-refractivity contribution is -0.138. The van der Waals surface area contributed by atoms with Crippen molar-refractivity contribution in [1.82, 2.24) is 15.0 Å². The van der Waals surface area contributed by atoms with Gasteiger partial charge in [0.05, 0.1) is 38.1 Å². The molecule has 0 aliphatic rings. The smallest absolute Gasteiger partial charge is 0.354 e. The zero-order chi connectivity index (χ0) is 21.0. The van der Waals surface area contributed by atoms with Gasteiger partial charge in [0.1, 0.15) is 22.5 Å². The lowest BCUT2D eigenvalue weighted by Gasteiger charge is -2.08.